The fourth-order valence-corrected chi connectivity index (χ4v) is 2.37. The summed E-state index contributed by atoms with van der Waals surface area (Å²) in [4.78, 5) is 0. The van der Waals surface area contributed by atoms with Crippen LogP contribution in [-0.2, 0) is 12.8 Å². The van der Waals surface area contributed by atoms with Gasteiger partial charge in [0.25, 0.3) is 0 Å². The molecule has 2 heteroatoms. The minimum Gasteiger partial charge on any atom is -0.0924 e. The van der Waals surface area contributed by atoms with Crippen molar-refractivity contribution in [1.82, 2.24) is 0 Å². The molecule has 1 aromatic rings. The molecule has 13 heavy (non-hydrogen) atoms. The number of hydrogen-bond donors (Lipinski definition) is 0. The molecule has 1 aromatic carbocycles. The van der Waals surface area contributed by atoms with E-state index in [0.717, 1.165) is 23.5 Å². The molecule has 0 heterocycles. The fraction of sp³-hybridized carbons (Fsp3) is 0.455. The van der Waals surface area contributed by atoms with Crippen LogP contribution in [0.1, 0.15) is 16.7 Å². The van der Waals surface area contributed by atoms with Crippen molar-refractivity contribution in [3.63, 3.8) is 0 Å². The zero-order valence-electron chi connectivity index (χ0n) is 7.82. The molecule has 0 spiro atoms. The summed E-state index contributed by atoms with van der Waals surface area (Å²) in [7, 11) is 0. The quantitative estimate of drug-likeness (QED) is 0.741. The minimum absolute atomic E-state index is 1.05. The van der Waals surface area contributed by atoms with Crippen LogP contribution in [0, 0.1) is 6.92 Å². The van der Waals surface area contributed by atoms with Crippen LogP contribution in [0.5, 0.6) is 0 Å². The molecule has 72 valence electrons. The average Bonchev–Trinajstić information content (AvgIpc) is 2.04. The molecule has 0 aliphatic rings. The number of aryl methyl sites for hydroxylation is 3. The Morgan fingerprint density at radius 2 is 1.38 bits per heavy atom. The van der Waals surface area contributed by atoms with Gasteiger partial charge < -0.3 is 0 Å². The van der Waals surface area contributed by atoms with Crippen molar-refractivity contribution in [2.75, 3.05) is 10.7 Å². The van der Waals surface area contributed by atoms with Gasteiger partial charge in [0.15, 0.2) is 0 Å². The molecule has 0 N–H and O–H groups in total. The van der Waals surface area contributed by atoms with Gasteiger partial charge >= 0.3 is 0 Å². The van der Waals surface area contributed by atoms with Crippen molar-refractivity contribution in [1.29, 1.82) is 0 Å². The van der Waals surface area contributed by atoms with Crippen LogP contribution < -0.4 is 0 Å². The van der Waals surface area contributed by atoms with Gasteiger partial charge in [-0.1, -0.05) is 55.6 Å². The van der Waals surface area contributed by atoms with E-state index in [-0.39, 0.29) is 0 Å². The molecule has 0 fully saturated rings. The summed E-state index contributed by atoms with van der Waals surface area (Å²) in [6.07, 6.45) is 2.24. The molecule has 0 nitrogen and oxygen atoms in total. The maximum atomic E-state index is 3.46. The Labute approximate surface area is 97.0 Å². The fourth-order valence-electron chi connectivity index (χ4n) is 1.45. The first-order valence-corrected chi connectivity index (χ1v) is 6.72. The average molecular weight is 306 g/mol. The second kappa shape index (κ2) is 5.82. The molecular formula is C11H14Br2. The Morgan fingerprint density at radius 3 is 1.77 bits per heavy atom. The summed E-state index contributed by atoms with van der Waals surface area (Å²) in [5.41, 5.74) is 4.25. The second-order valence-electron chi connectivity index (χ2n) is 3.20. The van der Waals surface area contributed by atoms with E-state index in [0.29, 0.717) is 0 Å². The van der Waals surface area contributed by atoms with E-state index in [2.05, 4.69) is 57.0 Å². The summed E-state index contributed by atoms with van der Waals surface area (Å²) >= 11 is 6.93. The molecule has 0 unspecified atom stereocenters. The smallest absolute Gasteiger partial charge is 0.00718 e. The lowest BCUT2D eigenvalue weighted by molar-refractivity contribution is 1.10. The van der Waals surface area contributed by atoms with Crippen LogP contribution in [0.2, 0.25) is 0 Å². The summed E-state index contributed by atoms with van der Waals surface area (Å²) in [5.74, 6) is 0. The number of alkyl halides is 2. The Bertz CT molecular complexity index is 245. The van der Waals surface area contributed by atoms with Gasteiger partial charge in [0.1, 0.15) is 0 Å². The Morgan fingerprint density at radius 1 is 0.923 bits per heavy atom. The topological polar surface area (TPSA) is 0 Å². The molecule has 0 saturated carbocycles. The zero-order valence-corrected chi connectivity index (χ0v) is 11.0. The highest BCUT2D eigenvalue weighted by molar-refractivity contribution is 9.09. The van der Waals surface area contributed by atoms with Gasteiger partial charge in [-0.05, 0) is 30.9 Å². The van der Waals surface area contributed by atoms with Crippen LogP contribution in [0.15, 0.2) is 18.2 Å². The van der Waals surface area contributed by atoms with Crippen molar-refractivity contribution in [2.24, 2.45) is 0 Å². The van der Waals surface area contributed by atoms with Crippen LogP contribution in [0.4, 0.5) is 0 Å². The molecule has 0 saturated heterocycles. The lowest BCUT2D eigenvalue weighted by Gasteiger charge is -2.05. The first kappa shape index (κ1) is 11.3. The standard InChI is InChI=1S/C11H14Br2/c1-9-6-10(2-4-12)8-11(7-9)3-5-13/h6-8H,2-5H2,1H3. The van der Waals surface area contributed by atoms with Gasteiger partial charge in [-0.25, -0.2) is 0 Å². The van der Waals surface area contributed by atoms with Gasteiger partial charge in [-0.3, -0.25) is 0 Å². The SMILES string of the molecule is Cc1cc(CCBr)cc(CCBr)c1. The summed E-state index contributed by atoms with van der Waals surface area (Å²) in [6.45, 7) is 2.16. The maximum absolute atomic E-state index is 3.46. The Kier molecular flexibility index (Phi) is 5.04. The molecule has 0 amide bonds. The maximum Gasteiger partial charge on any atom is 0.00718 e. The lowest BCUT2D eigenvalue weighted by atomic mass is 10.0. The highest BCUT2D eigenvalue weighted by Crippen LogP contribution is 2.12. The molecule has 0 aromatic heterocycles. The molecule has 0 radical (unpaired) electrons. The largest absolute Gasteiger partial charge is 0.0924 e. The molecule has 0 aliphatic carbocycles. The zero-order chi connectivity index (χ0) is 9.68. The monoisotopic (exact) mass is 304 g/mol. The van der Waals surface area contributed by atoms with Crippen LogP contribution >= 0.6 is 31.9 Å². The first-order chi connectivity index (χ1) is 6.26. The molecule has 1 rings (SSSR count). The van der Waals surface area contributed by atoms with E-state index in [4.69, 9.17) is 0 Å². The highest BCUT2D eigenvalue weighted by Gasteiger charge is 1.97. The number of benzene rings is 1. The van der Waals surface area contributed by atoms with Gasteiger partial charge in [-0.2, -0.15) is 0 Å². The molecule has 0 atom stereocenters. The third kappa shape index (κ3) is 3.82. The molecule has 0 bridgehead atoms. The van der Waals surface area contributed by atoms with Crippen molar-refractivity contribution in [3.05, 3.63) is 34.9 Å². The van der Waals surface area contributed by atoms with Crippen molar-refractivity contribution in [2.45, 2.75) is 19.8 Å². The predicted octanol–water partition coefficient (Wildman–Crippen LogP) is 3.87. The van der Waals surface area contributed by atoms with Crippen molar-refractivity contribution in [3.8, 4) is 0 Å². The van der Waals surface area contributed by atoms with Crippen LogP contribution in [0.3, 0.4) is 0 Å². The summed E-state index contributed by atoms with van der Waals surface area (Å²) in [6, 6.07) is 6.83. The summed E-state index contributed by atoms with van der Waals surface area (Å²) < 4.78 is 0. The van der Waals surface area contributed by atoms with Crippen LogP contribution in [0.25, 0.3) is 0 Å². The number of halogens is 2. The van der Waals surface area contributed by atoms with E-state index in [9.17, 15) is 0 Å². The van der Waals surface area contributed by atoms with Gasteiger partial charge in [0.05, 0.1) is 0 Å². The second-order valence-corrected chi connectivity index (χ2v) is 4.79. The van der Waals surface area contributed by atoms with E-state index >= 15 is 0 Å². The van der Waals surface area contributed by atoms with E-state index < -0.39 is 0 Å². The third-order valence-corrected chi connectivity index (χ3v) is 2.76. The predicted molar refractivity (Wildman–Crippen MR) is 66.2 cm³/mol. The number of rotatable bonds is 4. The lowest BCUT2D eigenvalue weighted by Crippen LogP contribution is -1.92. The summed E-state index contributed by atoms with van der Waals surface area (Å²) in [5, 5.41) is 2.09. The Balaban J connectivity index is 2.83. The van der Waals surface area contributed by atoms with E-state index in [1.165, 1.54) is 16.7 Å². The highest BCUT2D eigenvalue weighted by atomic mass is 79.9. The van der Waals surface area contributed by atoms with E-state index in [1.807, 2.05) is 0 Å². The van der Waals surface area contributed by atoms with Gasteiger partial charge in [0, 0.05) is 10.7 Å². The Hall–Kier alpha value is 0.180. The molecule has 0 aliphatic heterocycles. The van der Waals surface area contributed by atoms with Crippen molar-refractivity contribution >= 4 is 31.9 Å². The van der Waals surface area contributed by atoms with Gasteiger partial charge in [-0.15, -0.1) is 0 Å². The minimum atomic E-state index is 1.05. The van der Waals surface area contributed by atoms with Crippen LogP contribution in [-0.4, -0.2) is 10.7 Å². The number of hydrogen-bond acceptors (Lipinski definition) is 0. The third-order valence-electron chi connectivity index (χ3n) is 1.96. The normalized spacial score (nSPS) is 10.4. The first-order valence-electron chi connectivity index (χ1n) is 4.47. The van der Waals surface area contributed by atoms with Crippen molar-refractivity contribution < 1.29 is 0 Å². The van der Waals surface area contributed by atoms with E-state index in [1.54, 1.807) is 0 Å². The molecular weight excluding hydrogens is 292 g/mol. The van der Waals surface area contributed by atoms with Gasteiger partial charge in [0.2, 0.25) is 0 Å².